The van der Waals surface area contributed by atoms with Crippen LogP contribution in [0.5, 0.6) is 0 Å². The lowest BCUT2D eigenvalue weighted by atomic mass is 10.1. The maximum atomic E-state index is 12.4. The van der Waals surface area contributed by atoms with Crippen molar-refractivity contribution < 1.29 is 13.7 Å². The summed E-state index contributed by atoms with van der Waals surface area (Å²) in [6, 6.07) is 6.53. The molecule has 114 valence electrons. The first-order chi connectivity index (χ1) is 10.1. The minimum absolute atomic E-state index is 0.0469. The van der Waals surface area contributed by atoms with Crippen molar-refractivity contribution in [3.63, 3.8) is 0 Å². The topological polar surface area (TPSA) is 43.4 Å². The molecule has 0 bridgehead atoms. The van der Waals surface area contributed by atoms with Crippen LogP contribution in [0, 0.1) is 5.41 Å². The van der Waals surface area contributed by atoms with Gasteiger partial charge in [0.1, 0.15) is 0 Å². The molecule has 0 spiro atoms. The molecule has 0 N–H and O–H groups in total. The Morgan fingerprint density at radius 1 is 1.29 bits per heavy atom. The number of methoxy groups -OCH3 is 1. The number of carbonyl (C=O) groups excluding carboxylic acids is 1. The molecule has 1 aromatic carbocycles. The molecule has 1 fully saturated rings. The van der Waals surface area contributed by atoms with E-state index in [1.165, 1.54) is 36.6 Å². The number of ether oxygens (including phenoxy) is 1. The van der Waals surface area contributed by atoms with Gasteiger partial charge in [0.2, 0.25) is 0 Å². The molecule has 3 nitrogen and oxygen atoms in total. The van der Waals surface area contributed by atoms with E-state index in [1.807, 2.05) is 0 Å². The van der Waals surface area contributed by atoms with Crippen molar-refractivity contribution in [2.75, 3.05) is 12.9 Å². The molecular formula is C17H22O3S. The second-order valence-electron chi connectivity index (χ2n) is 6.44. The summed E-state index contributed by atoms with van der Waals surface area (Å²) in [6.45, 7) is 0. The van der Waals surface area contributed by atoms with Crippen LogP contribution in [-0.4, -0.2) is 23.0 Å². The van der Waals surface area contributed by atoms with Crippen molar-refractivity contribution in [2.24, 2.45) is 5.41 Å². The summed E-state index contributed by atoms with van der Waals surface area (Å²) in [5, 5.41) is 0. The van der Waals surface area contributed by atoms with E-state index >= 15 is 0 Å². The molecule has 1 aromatic rings. The van der Waals surface area contributed by atoms with Gasteiger partial charge in [-0.3, -0.25) is 9.00 Å². The molecule has 0 radical (unpaired) electrons. The normalized spacial score (nSPS) is 19.9. The van der Waals surface area contributed by atoms with Crippen LogP contribution >= 0.6 is 0 Å². The van der Waals surface area contributed by atoms with Crippen LogP contribution in [0.25, 0.3) is 0 Å². The van der Waals surface area contributed by atoms with Crippen LogP contribution in [0.3, 0.4) is 0 Å². The molecule has 2 aliphatic rings. The number of fused-ring (bicyclic) bond motifs is 1. The van der Waals surface area contributed by atoms with Crippen LogP contribution in [0.2, 0.25) is 0 Å². The maximum absolute atomic E-state index is 12.4. The molecule has 0 heterocycles. The highest BCUT2D eigenvalue weighted by molar-refractivity contribution is 7.84. The predicted octanol–water partition coefficient (Wildman–Crippen LogP) is 2.77. The van der Waals surface area contributed by atoms with Gasteiger partial charge in [-0.15, -0.1) is 0 Å². The molecule has 4 heteroatoms. The number of rotatable bonds is 6. The highest BCUT2D eigenvalue weighted by Gasteiger charge is 2.45. The van der Waals surface area contributed by atoms with Gasteiger partial charge < -0.3 is 4.74 Å². The second-order valence-corrected chi connectivity index (χ2v) is 7.90. The summed E-state index contributed by atoms with van der Waals surface area (Å²) >= 11 is 0. The average molecular weight is 306 g/mol. The van der Waals surface area contributed by atoms with Gasteiger partial charge in [0.15, 0.2) is 0 Å². The van der Waals surface area contributed by atoms with Gasteiger partial charge in [-0.05, 0) is 54.2 Å². The fourth-order valence-electron chi connectivity index (χ4n) is 3.22. The zero-order chi connectivity index (χ0) is 14.9. The predicted molar refractivity (Wildman–Crippen MR) is 83.5 cm³/mol. The summed E-state index contributed by atoms with van der Waals surface area (Å²) in [7, 11) is 0.516. The van der Waals surface area contributed by atoms with E-state index in [9.17, 15) is 9.00 Å². The van der Waals surface area contributed by atoms with Gasteiger partial charge in [0, 0.05) is 22.3 Å². The van der Waals surface area contributed by atoms with E-state index < -0.39 is 10.8 Å². The highest BCUT2D eigenvalue weighted by atomic mass is 32.2. The molecule has 0 aromatic heterocycles. The first-order valence-corrected chi connectivity index (χ1v) is 9.12. The Bertz CT molecular complexity index is 575. The van der Waals surface area contributed by atoms with E-state index in [4.69, 9.17) is 4.74 Å². The minimum atomic E-state index is -0.901. The van der Waals surface area contributed by atoms with Crippen molar-refractivity contribution in [1.82, 2.24) is 0 Å². The summed E-state index contributed by atoms with van der Waals surface area (Å²) in [4.78, 5) is 11.4. The first kappa shape index (κ1) is 14.8. The number of aryl methyl sites for hydroxylation is 2. The molecule has 0 aliphatic heterocycles. The van der Waals surface area contributed by atoms with E-state index in [0.717, 1.165) is 19.3 Å². The lowest BCUT2D eigenvalue weighted by Crippen LogP contribution is -2.18. The molecule has 3 rings (SSSR count). The van der Waals surface area contributed by atoms with Crippen molar-refractivity contribution in [3.05, 3.63) is 34.9 Å². The van der Waals surface area contributed by atoms with E-state index in [2.05, 4.69) is 18.2 Å². The molecule has 1 atom stereocenters. The van der Waals surface area contributed by atoms with Gasteiger partial charge in [-0.25, -0.2) is 0 Å². The monoisotopic (exact) mass is 306 g/mol. The fourth-order valence-corrected chi connectivity index (χ4v) is 4.95. The number of hydrogen-bond acceptors (Lipinski definition) is 3. The summed E-state index contributed by atoms with van der Waals surface area (Å²) in [5.74, 6) is 1.05. The smallest absolute Gasteiger partial charge is 0.306 e. The average Bonchev–Trinajstić information content (AvgIpc) is 3.02. The zero-order valence-electron chi connectivity index (χ0n) is 12.5. The molecule has 2 aliphatic carbocycles. The first-order valence-electron chi connectivity index (χ1n) is 7.63. The summed E-state index contributed by atoms with van der Waals surface area (Å²) in [6.07, 6.45) is 5.99. The van der Waals surface area contributed by atoms with Gasteiger partial charge in [-0.2, -0.15) is 0 Å². The van der Waals surface area contributed by atoms with Crippen LogP contribution in [0.15, 0.2) is 18.2 Å². The molecule has 1 saturated carbocycles. The van der Waals surface area contributed by atoms with Gasteiger partial charge in [-0.1, -0.05) is 18.2 Å². The number of hydrogen-bond donors (Lipinski definition) is 0. The standard InChI is InChI=1S/C17H22O3S/c1-20-16(18)10-17(7-8-17)12-21(19)11-13-5-6-14-3-2-4-15(14)9-13/h5-6,9H,2-4,7-8,10-12H2,1H3. The number of carbonyl (C=O) groups is 1. The molecule has 0 amide bonds. The lowest BCUT2D eigenvalue weighted by molar-refractivity contribution is -0.141. The Morgan fingerprint density at radius 3 is 2.76 bits per heavy atom. The highest BCUT2D eigenvalue weighted by Crippen LogP contribution is 2.49. The van der Waals surface area contributed by atoms with Gasteiger partial charge in [0.05, 0.1) is 13.5 Å². The van der Waals surface area contributed by atoms with Crippen molar-refractivity contribution >= 4 is 16.8 Å². The largest absolute Gasteiger partial charge is 0.469 e. The minimum Gasteiger partial charge on any atom is -0.469 e. The van der Waals surface area contributed by atoms with Gasteiger partial charge in [0.25, 0.3) is 0 Å². The third kappa shape index (κ3) is 3.54. The Hall–Kier alpha value is -1.16. The van der Waals surface area contributed by atoms with Crippen LogP contribution in [0.4, 0.5) is 0 Å². The van der Waals surface area contributed by atoms with Crippen LogP contribution < -0.4 is 0 Å². The van der Waals surface area contributed by atoms with Crippen molar-refractivity contribution in [1.29, 1.82) is 0 Å². The number of esters is 1. The molecule has 1 unspecified atom stereocenters. The molecule has 0 saturated heterocycles. The van der Waals surface area contributed by atoms with E-state index in [0.29, 0.717) is 17.9 Å². The van der Waals surface area contributed by atoms with E-state index in [1.54, 1.807) is 0 Å². The maximum Gasteiger partial charge on any atom is 0.306 e. The Kier molecular flexibility index (Phi) is 4.16. The SMILES string of the molecule is COC(=O)CC1(CS(=O)Cc2ccc3c(c2)CCC3)CC1. The Balaban J connectivity index is 1.58. The Labute approximate surface area is 128 Å². The quantitative estimate of drug-likeness (QED) is 0.759. The van der Waals surface area contributed by atoms with Crippen LogP contribution in [0.1, 0.15) is 42.4 Å². The van der Waals surface area contributed by atoms with E-state index in [-0.39, 0.29) is 11.4 Å². The summed E-state index contributed by atoms with van der Waals surface area (Å²) < 4.78 is 17.1. The second kappa shape index (κ2) is 5.91. The third-order valence-corrected chi connectivity index (χ3v) is 6.25. The fraction of sp³-hybridized carbons (Fsp3) is 0.588. The summed E-state index contributed by atoms with van der Waals surface area (Å²) in [5.41, 5.74) is 4.01. The number of benzene rings is 1. The Morgan fingerprint density at radius 2 is 2.05 bits per heavy atom. The van der Waals surface area contributed by atoms with Crippen LogP contribution in [-0.2, 0) is 38.9 Å². The molecule has 21 heavy (non-hydrogen) atoms. The van der Waals surface area contributed by atoms with Crippen molar-refractivity contribution in [2.45, 2.75) is 44.3 Å². The lowest BCUT2D eigenvalue weighted by Gasteiger charge is -2.13. The van der Waals surface area contributed by atoms with Crippen molar-refractivity contribution in [3.8, 4) is 0 Å². The van der Waals surface area contributed by atoms with Gasteiger partial charge >= 0.3 is 5.97 Å². The third-order valence-electron chi connectivity index (χ3n) is 4.66. The molecular weight excluding hydrogens is 284 g/mol. The zero-order valence-corrected chi connectivity index (χ0v) is 13.3.